The number of ether oxygens (including phenoxy) is 1. The Morgan fingerprint density at radius 2 is 2.15 bits per heavy atom. The summed E-state index contributed by atoms with van der Waals surface area (Å²) in [6.07, 6.45) is 1.89. The van der Waals surface area contributed by atoms with Crippen molar-refractivity contribution in [3.05, 3.63) is 65.4 Å². The summed E-state index contributed by atoms with van der Waals surface area (Å²) in [4.78, 5) is 19.9. The normalized spacial score (nSPS) is 20.1. The molecule has 0 aliphatic carbocycles. The quantitative estimate of drug-likeness (QED) is 0.574. The third-order valence-corrected chi connectivity index (χ3v) is 6.77. The van der Waals surface area contributed by atoms with E-state index in [1.807, 2.05) is 54.3 Å². The van der Waals surface area contributed by atoms with Gasteiger partial charge in [-0.05, 0) is 48.4 Å². The molecule has 9 heteroatoms. The van der Waals surface area contributed by atoms with E-state index < -0.39 is 11.5 Å². The first-order chi connectivity index (χ1) is 16.0. The van der Waals surface area contributed by atoms with Gasteiger partial charge in [0.25, 0.3) is 5.91 Å². The van der Waals surface area contributed by atoms with Gasteiger partial charge in [0.1, 0.15) is 5.75 Å². The van der Waals surface area contributed by atoms with E-state index in [1.54, 1.807) is 6.07 Å². The van der Waals surface area contributed by atoms with Gasteiger partial charge in [-0.25, -0.2) is 0 Å². The molecule has 2 aliphatic rings. The van der Waals surface area contributed by atoms with E-state index in [0.717, 1.165) is 36.0 Å². The van der Waals surface area contributed by atoms with Crippen molar-refractivity contribution in [1.29, 1.82) is 0 Å². The molecule has 2 aliphatic heterocycles. The Hall–Kier alpha value is -3.30. The van der Waals surface area contributed by atoms with Gasteiger partial charge in [-0.1, -0.05) is 24.3 Å². The number of pyridine rings is 1. The van der Waals surface area contributed by atoms with Gasteiger partial charge in [0.05, 0.1) is 28.9 Å². The first-order valence-corrected chi connectivity index (χ1v) is 12.0. The fourth-order valence-corrected chi connectivity index (χ4v) is 5.17. The lowest BCUT2D eigenvalue weighted by molar-refractivity contribution is 0.0635. The van der Waals surface area contributed by atoms with Crippen molar-refractivity contribution in [2.75, 3.05) is 24.4 Å². The SMILES string of the molecule is Cc1cc(C(=O)N2CCC[C@H](COc3cccc4c3C(N)=N[S+]([O-])N4)C2)c2ccccc2n1. The number of piperidine rings is 1. The fraction of sp³-hybridized carbons (Fsp3) is 0.292. The minimum atomic E-state index is -1.58. The number of carbonyl (C=O) groups is 1. The number of benzene rings is 2. The number of fused-ring (bicyclic) bond motifs is 2. The number of anilines is 1. The lowest BCUT2D eigenvalue weighted by atomic mass is 9.97. The van der Waals surface area contributed by atoms with Crippen LogP contribution in [0.1, 0.15) is 34.5 Å². The Kier molecular flexibility index (Phi) is 5.82. The molecule has 1 amide bonds. The predicted molar refractivity (Wildman–Crippen MR) is 130 cm³/mol. The van der Waals surface area contributed by atoms with Crippen LogP contribution < -0.4 is 15.2 Å². The Bertz CT molecular complexity index is 1250. The third-order valence-electron chi connectivity index (χ3n) is 6.02. The minimum Gasteiger partial charge on any atom is -0.566 e. The predicted octanol–water partition coefficient (Wildman–Crippen LogP) is 3.18. The van der Waals surface area contributed by atoms with Crippen molar-refractivity contribution in [1.82, 2.24) is 9.88 Å². The van der Waals surface area contributed by atoms with E-state index in [4.69, 9.17) is 10.5 Å². The summed E-state index contributed by atoms with van der Waals surface area (Å²) in [7, 11) is 0. The number of nitrogens with two attached hydrogens (primary N) is 1. The summed E-state index contributed by atoms with van der Waals surface area (Å²) in [5.41, 5.74) is 9.63. The van der Waals surface area contributed by atoms with Gasteiger partial charge < -0.3 is 19.9 Å². The maximum Gasteiger partial charge on any atom is 0.254 e. The molecule has 170 valence electrons. The highest BCUT2D eigenvalue weighted by Crippen LogP contribution is 2.31. The number of nitrogens with zero attached hydrogens (tertiary/aromatic N) is 3. The summed E-state index contributed by atoms with van der Waals surface area (Å²) in [6.45, 7) is 3.71. The van der Waals surface area contributed by atoms with Crippen LogP contribution in [0.5, 0.6) is 5.75 Å². The molecule has 2 aromatic carbocycles. The second-order valence-corrected chi connectivity index (χ2v) is 9.29. The molecule has 5 rings (SSSR count). The zero-order chi connectivity index (χ0) is 22.9. The van der Waals surface area contributed by atoms with Crippen LogP contribution in [0.25, 0.3) is 10.9 Å². The minimum absolute atomic E-state index is 0.0292. The van der Waals surface area contributed by atoms with Crippen LogP contribution in [0.4, 0.5) is 5.69 Å². The number of aromatic nitrogens is 1. The summed E-state index contributed by atoms with van der Waals surface area (Å²) in [6, 6.07) is 15.1. The first kappa shape index (κ1) is 21.5. The molecule has 3 heterocycles. The average Bonchev–Trinajstić information content (AvgIpc) is 2.81. The van der Waals surface area contributed by atoms with Crippen LogP contribution in [0.3, 0.4) is 0 Å². The summed E-state index contributed by atoms with van der Waals surface area (Å²) in [5, 5.41) is 0.877. The molecule has 2 atom stereocenters. The van der Waals surface area contributed by atoms with Gasteiger partial charge in [-0.15, -0.1) is 0 Å². The van der Waals surface area contributed by atoms with Gasteiger partial charge in [0, 0.05) is 30.1 Å². The van der Waals surface area contributed by atoms with Crippen LogP contribution in [0.2, 0.25) is 0 Å². The van der Waals surface area contributed by atoms with Crippen molar-refractivity contribution < 1.29 is 14.1 Å². The summed E-state index contributed by atoms with van der Waals surface area (Å²) >= 11 is -1.58. The van der Waals surface area contributed by atoms with E-state index >= 15 is 0 Å². The molecule has 0 bridgehead atoms. The highest BCUT2D eigenvalue weighted by molar-refractivity contribution is 7.91. The maximum absolute atomic E-state index is 13.4. The van der Waals surface area contributed by atoms with Crippen molar-refractivity contribution in [3.63, 3.8) is 0 Å². The van der Waals surface area contributed by atoms with E-state index in [1.165, 1.54) is 0 Å². The molecule has 0 radical (unpaired) electrons. The number of hydrogen-bond donors (Lipinski definition) is 2. The monoisotopic (exact) mass is 463 g/mol. The van der Waals surface area contributed by atoms with E-state index in [9.17, 15) is 9.35 Å². The summed E-state index contributed by atoms with van der Waals surface area (Å²) < 4.78 is 24.5. The zero-order valence-electron chi connectivity index (χ0n) is 18.3. The molecule has 1 fully saturated rings. The van der Waals surface area contributed by atoms with Gasteiger partial charge in [-0.3, -0.25) is 9.78 Å². The molecule has 3 aromatic rings. The van der Waals surface area contributed by atoms with Crippen LogP contribution >= 0.6 is 0 Å². The number of aryl methyl sites for hydroxylation is 1. The van der Waals surface area contributed by atoms with Crippen LogP contribution in [-0.4, -0.2) is 45.9 Å². The van der Waals surface area contributed by atoms with E-state index in [-0.39, 0.29) is 17.7 Å². The zero-order valence-corrected chi connectivity index (χ0v) is 19.1. The molecule has 3 N–H and O–H groups in total. The molecule has 8 nitrogen and oxygen atoms in total. The molecule has 1 saturated heterocycles. The number of carbonyl (C=O) groups excluding carboxylic acids is 1. The molecular formula is C24H25N5O3S. The average molecular weight is 464 g/mol. The number of nitrogens with one attached hydrogen (secondary N) is 1. The van der Waals surface area contributed by atoms with Gasteiger partial charge in [0.15, 0.2) is 5.84 Å². The molecule has 0 spiro atoms. The number of hydrogen-bond acceptors (Lipinski definition) is 7. The van der Waals surface area contributed by atoms with Crippen LogP contribution in [0.15, 0.2) is 52.9 Å². The lowest BCUT2D eigenvalue weighted by Gasteiger charge is -2.33. The van der Waals surface area contributed by atoms with Crippen molar-refractivity contribution >= 4 is 39.9 Å². The van der Waals surface area contributed by atoms with Gasteiger partial charge in [0.2, 0.25) is 11.5 Å². The molecular weight excluding hydrogens is 438 g/mol. The second kappa shape index (κ2) is 8.92. The lowest BCUT2D eigenvalue weighted by Crippen LogP contribution is -2.41. The largest absolute Gasteiger partial charge is 0.566 e. The number of rotatable bonds is 4. The second-order valence-electron chi connectivity index (χ2n) is 8.41. The smallest absolute Gasteiger partial charge is 0.254 e. The topological polar surface area (TPSA) is 116 Å². The fourth-order valence-electron chi connectivity index (χ4n) is 4.50. The van der Waals surface area contributed by atoms with Crippen molar-refractivity contribution in [2.24, 2.45) is 16.0 Å². The standard InChI is InChI=1S/C24H25N5O3S/c1-15-12-18(17-7-2-3-8-19(17)26-15)24(30)29-11-5-6-16(13-29)14-32-21-10-4-9-20-22(21)23(25)28-33(31)27-20/h2-4,7-10,12,16,27H,5-6,11,13-14H2,1H3,(H2,25,28)/t16-,33?/m0/s1. The number of para-hydroxylation sites is 1. The Morgan fingerprint density at radius 1 is 1.30 bits per heavy atom. The van der Waals surface area contributed by atoms with Crippen LogP contribution in [-0.2, 0) is 11.5 Å². The molecule has 0 saturated carbocycles. The third kappa shape index (κ3) is 4.34. The van der Waals surface area contributed by atoms with Gasteiger partial charge in [-0.2, -0.15) is 4.72 Å². The molecule has 1 unspecified atom stereocenters. The van der Waals surface area contributed by atoms with Crippen molar-refractivity contribution in [2.45, 2.75) is 19.8 Å². The Balaban J connectivity index is 1.31. The van der Waals surface area contributed by atoms with E-state index in [0.29, 0.717) is 35.7 Å². The Morgan fingerprint density at radius 3 is 3.03 bits per heavy atom. The van der Waals surface area contributed by atoms with Gasteiger partial charge >= 0.3 is 0 Å². The summed E-state index contributed by atoms with van der Waals surface area (Å²) in [5.74, 6) is 1.01. The highest BCUT2D eigenvalue weighted by atomic mass is 32.2. The number of likely N-dealkylation sites (tertiary alicyclic amines) is 1. The Labute approximate surface area is 195 Å². The van der Waals surface area contributed by atoms with Crippen molar-refractivity contribution in [3.8, 4) is 5.75 Å². The van der Waals surface area contributed by atoms with Crippen LogP contribution in [0, 0.1) is 12.8 Å². The molecule has 1 aromatic heterocycles. The molecule has 33 heavy (non-hydrogen) atoms. The number of amides is 1. The first-order valence-electron chi connectivity index (χ1n) is 10.9. The maximum atomic E-state index is 13.4. The van der Waals surface area contributed by atoms with E-state index in [2.05, 4.69) is 14.1 Å². The highest BCUT2D eigenvalue weighted by Gasteiger charge is 2.28. The number of amidine groups is 1.